The highest BCUT2D eigenvalue weighted by atomic mass is 16.5. The molecule has 1 N–H and O–H groups in total. The van der Waals surface area contributed by atoms with E-state index < -0.39 is 11.7 Å². The minimum Gasteiger partial charge on any atom is -0.392 e. The maximum atomic E-state index is 9.91. The summed E-state index contributed by atoms with van der Waals surface area (Å²) in [5, 5.41) is 14.0. The molecule has 5 heteroatoms. The van der Waals surface area contributed by atoms with Crippen LogP contribution >= 0.6 is 0 Å². The first-order valence-electron chi connectivity index (χ1n) is 7.70. The number of nitrogens with zero attached hydrogens (tertiary/aromatic N) is 2. The van der Waals surface area contributed by atoms with E-state index in [0.29, 0.717) is 18.1 Å². The average molecular weight is 282 g/mol. The molecule has 1 aliphatic rings. The Labute approximate surface area is 120 Å². The normalized spacial score (nSPS) is 22.2. The van der Waals surface area contributed by atoms with Crippen LogP contribution in [0.15, 0.2) is 4.52 Å². The molecule has 1 fully saturated rings. The molecule has 20 heavy (non-hydrogen) atoms. The van der Waals surface area contributed by atoms with Crippen LogP contribution in [-0.2, 0) is 10.3 Å². The largest absolute Gasteiger partial charge is 0.392 e. The second-order valence-electron chi connectivity index (χ2n) is 5.83. The van der Waals surface area contributed by atoms with Crippen LogP contribution in [0.4, 0.5) is 0 Å². The lowest BCUT2D eigenvalue weighted by atomic mass is 9.93. The van der Waals surface area contributed by atoms with Crippen molar-refractivity contribution in [2.45, 2.75) is 76.4 Å². The fourth-order valence-corrected chi connectivity index (χ4v) is 2.94. The molecule has 1 aromatic heterocycles. The summed E-state index contributed by atoms with van der Waals surface area (Å²) in [6.07, 6.45) is 6.84. The van der Waals surface area contributed by atoms with Crippen LogP contribution in [0.1, 0.15) is 76.4 Å². The summed E-state index contributed by atoms with van der Waals surface area (Å²) in [6.45, 7) is 3.86. The highest BCUT2D eigenvalue weighted by Crippen LogP contribution is 2.38. The van der Waals surface area contributed by atoms with Gasteiger partial charge in [-0.2, -0.15) is 4.98 Å². The first kappa shape index (κ1) is 15.4. The summed E-state index contributed by atoms with van der Waals surface area (Å²) < 4.78 is 11.1. The van der Waals surface area contributed by atoms with E-state index in [1.165, 1.54) is 12.8 Å². The Kier molecular flexibility index (Phi) is 5.16. The van der Waals surface area contributed by atoms with Crippen molar-refractivity contribution in [3.05, 3.63) is 11.7 Å². The fraction of sp³-hybridized carbons (Fsp3) is 0.867. The molecule has 5 nitrogen and oxygen atoms in total. The van der Waals surface area contributed by atoms with Gasteiger partial charge in [-0.25, -0.2) is 0 Å². The van der Waals surface area contributed by atoms with Crippen molar-refractivity contribution < 1.29 is 14.4 Å². The lowest BCUT2D eigenvalue weighted by Crippen LogP contribution is -2.29. The number of hydrogen-bond acceptors (Lipinski definition) is 5. The van der Waals surface area contributed by atoms with Gasteiger partial charge in [0.15, 0.2) is 0 Å². The average Bonchev–Trinajstić information content (AvgIpc) is 2.85. The molecule has 0 spiro atoms. The molecule has 1 saturated carbocycles. The van der Waals surface area contributed by atoms with E-state index in [9.17, 15) is 5.11 Å². The van der Waals surface area contributed by atoms with Crippen LogP contribution in [0.3, 0.4) is 0 Å². The Hall–Kier alpha value is -0.940. The Morgan fingerprint density at radius 3 is 2.50 bits per heavy atom. The van der Waals surface area contributed by atoms with Crippen LogP contribution in [0.25, 0.3) is 0 Å². The standard InChI is InChI=1S/C15H26N2O3/c1-4-12(18)11(2)13-16-14(17-20-13)15(19-3)9-7-5-6-8-10-15/h11-12,18H,4-10H2,1-3H3. The zero-order chi connectivity index (χ0) is 14.6. The molecular weight excluding hydrogens is 256 g/mol. The SMILES string of the molecule is CCC(O)C(C)c1nc(C2(OC)CCCCCC2)no1. The molecule has 1 aliphatic carbocycles. The predicted octanol–water partition coefficient (Wildman–Crippen LogP) is 3.14. The fourth-order valence-electron chi connectivity index (χ4n) is 2.94. The van der Waals surface area contributed by atoms with Gasteiger partial charge in [0.2, 0.25) is 11.7 Å². The Morgan fingerprint density at radius 2 is 1.95 bits per heavy atom. The third kappa shape index (κ3) is 3.04. The summed E-state index contributed by atoms with van der Waals surface area (Å²) in [6, 6.07) is 0. The van der Waals surface area contributed by atoms with Gasteiger partial charge in [-0.1, -0.05) is 44.7 Å². The number of ether oxygens (including phenoxy) is 1. The van der Waals surface area contributed by atoms with Gasteiger partial charge in [-0.15, -0.1) is 0 Å². The number of methoxy groups -OCH3 is 1. The van der Waals surface area contributed by atoms with Crippen molar-refractivity contribution in [3.63, 3.8) is 0 Å². The third-order valence-electron chi connectivity index (χ3n) is 4.54. The van der Waals surface area contributed by atoms with E-state index in [4.69, 9.17) is 9.26 Å². The van der Waals surface area contributed by atoms with Crippen molar-refractivity contribution in [1.82, 2.24) is 10.1 Å². The molecule has 0 aliphatic heterocycles. The number of aromatic nitrogens is 2. The second-order valence-corrected chi connectivity index (χ2v) is 5.83. The highest BCUT2D eigenvalue weighted by molar-refractivity contribution is 5.05. The van der Waals surface area contributed by atoms with Gasteiger partial charge in [0.1, 0.15) is 5.60 Å². The molecule has 2 atom stereocenters. The molecule has 2 unspecified atom stereocenters. The molecule has 1 heterocycles. The summed E-state index contributed by atoms with van der Waals surface area (Å²) in [4.78, 5) is 4.52. The minimum absolute atomic E-state index is 0.138. The van der Waals surface area contributed by atoms with Gasteiger partial charge in [-0.3, -0.25) is 0 Å². The monoisotopic (exact) mass is 282 g/mol. The first-order chi connectivity index (χ1) is 9.63. The minimum atomic E-state index is -0.448. The summed E-state index contributed by atoms with van der Waals surface area (Å²) in [7, 11) is 1.73. The predicted molar refractivity (Wildman–Crippen MR) is 75.4 cm³/mol. The van der Waals surface area contributed by atoms with Crippen LogP contribution in [-0.4, -0.2) is 28.5 Å². The lowest BCUT2D eigenvalue weighted by Gasteiger charge is -2.27. The van der Waals surface area contributed by atoms with Crippen LogP contribution in [0.2, 0.25) is 0 Å². The molecule has 0 saturated heterocycles. The summed E-state index contributed by atoms with van der Waals surface area (Å²) in [5.74, 6) is 1.02. The summed E-state index contributed by atoms with van der Waals surface area (Å²) >= 11 is 0. The van der Waals surface area contributed by atoms with E-state index in [1.807, 2.05) is 13.8 Å². The first-order valence-corrected chi connectivity index (χ1v) is 7.70. The number of aliphatic hydroxyl groups excluding tert-OH is 1. The number of aliphatic hydroxyl groups is 1. The van der Waals surface area contributed by atoms with Gasteiger partial charge in [0.25, 0.3) is 0 Å². The highest BCUT2D eigenvalue weighted by Gasteiger charge is 2.38. The molecule has 0 amide bonds. The van der Waals surface area contributed by atoms with Gasteiger partial charge in [-0.05, 0) is 19.3 Å². The Balaban J connectivity index is 2.21. The van der Waals surface area contributed by atoms with Gasteiger partial charge in [0, 0.05) is 7.11 Å². The molecule has 114 valence electrons. The van der Waals surface area contributed by atoms with Crippen molar-refractivity contribution in [1.29, 1.82) is 0 Å². The molecule has 1 aromatic rings. The van der Waals surface area contributed by atoms with Crippen molar-refractivity contribution in [3.8, 4) is 0 Å². The zero-order valence-corrected chi connectivity index (χ0v) is 12.8. The van der Waals surface area contributed by atoms with Gasteiger partial charge < -0.3 is 14.4 Å². The Morgan fingerprint density at radius 1 is 1.30 bits per heavy atom. The van der Waals surface area contributed by atoms with Crippen molar-refractivity contribution in [2.75, 3.05) is 7.11 Å². The molecule has 0 aromatic carbocycles. The van der Waals surface area contributed by atoms with E-state index in [2.05, 4.69) is 10.1 Å². The van der Waals surface area contributed by atoms with Gasteiger partial charge in [0.05, 0.1) is 12.0 Å². The number of hydrogen-bond donors (Lipinski definition) is 1. The van der Waals surface area contributed by atoms with Crippen LogP contribution < -0.4 is 0 Å². The smallest absolute Gasteiger partial charge is 0.232 e. The van der Waals surface area contributed by atoms with Crippen LogP contribution in [0.5, 0.6) is 0 Å². The maximum absolute atomic E-state index is 9.91. The zero-order valence-electron chi connectivity index (χ0n) is 12.8. The van der Waals surface area contributed by atoms with E-state index in [1.54, 1.807) is 7.11 Å². The Bertz CT molecular complexity index is 411. The molecule has 0 bridgehead atoms. The van der Waals surface area contributed by atoms with Crippen molar-refractivity contribution >= 4 is 0 Å². The third-order valence-corrected chi connectivity index (χ3v) is 4.54. The maximum Gasteiger partial charge on any atom is 0.232 e. The quantitative estimate of drug-likeness (QED) is 0.840. The lowest BCUT2D eigenvalue weighted by molar-refractivity contribution is -0.0365. The molecule has 0 radical (unpaired) electrons. The van der Waals surface area contributed by atoms with Crippen molar-refractivity contribution in [2.24, 2.45) is 0 Å². The molecular formula is C15H26N2O3. The topological polar surface area (TPSA) is 68.4 Å². The van der Waals surface area contributed by atoms with Gasteiger partial charge >= 0.3 is 0 Å². The summed E-state index contributed by atoms with van der Waals surface area (Å²) in [5.41, 5.74) is -0.408. The second kappa shape index (κ2) is 6.68. The number of rotatable bonds is 5. The van der Waals surface area contributed by atoms with Crippen LogP contribution in [0, 0.1) is 0 Å². The van der Waals surface area contributed by atoms with E-state index >= 15 is 0 Å². The molecule has 2 rings (SSSR count). The van der Waals surface area contributed by atoms with E-state index in [-0.39, 0.29) is 5.92 Å². The van der Waals surface area contributed by atoms with E-state index in [0.717, 1.165) is 25.7 Å².